The molecule has 182 valence electrons. The van der Waals surface area contributed by atoms with Gasteiger partial charge in [0.25, 0.3) is 0 Å². The second-order valence-electron chi connectivity index (χ2n) is 8.80. The summed E-state index contributed by atoms with van der Waals surface area (Å²) in [5.74, 6) is 1.23. The molecule has 6 heteroatoms. The number of nitrogens with one attached hydrogen (secondary N) is 1. The van der Waals surface area contributed by atoms with Gasteiger partial charge >= 0.3 is 0 Å². The van der Waals surface area contributed by atoms with Crippen LogP contribution in [0.15, 0.2) is 72.8 Å². The minimum Gasteiger partial charge on any atom is -0.454 e. The van der Waals surface area contributed by atoms with Crippen molar-refractivity contribution in [2.24, 2.45) is 0 Å². The summed E-state index contributed by atoms with van der Waals surface area (Å²) in [6, 6.07) is 23.1. The second kappa shape index (κ2) is 11.6. The van der Waals surface area contributed by atoms with Crippen LogP contribution in [0.4, 0.5) is 0 Å². The lowest BCUT2D eigenvalue weighted by Gasteiger charge is -2.31. The Kier molecular flexibility index (Phi) is 8.03. The van der Waals surface area contributed by atoms with E-state index in [2.05, 4.69) is 11.4 Å². The van der Waals surface area contributed by atoms with E-state index in [1.54, 1.807) is 4.90 Å². The predicted molar refractivity (Wildman–Crippen MR) is 135 cm³/mol. The van der Waals surface area contributed by atoms with Crippen molar-refractivity contribution in [1.29, 1.82) is 0 Å². The molecule has 0 saturated carbocycles. The Morgan fingerprint density at radius 3 is 2.46 bits per heavy atom. The lowest BCUT2D eigenvalue weighted by Crippen LogP contribution is -2.50. The Labute approximate surface area is 206 Å². The Bertz CT molecular complexity index is 1160. The van der Waals surface area contributed by atoms with Crippen LogP contribution in [-0.4, -0.2) is 36.1 Å². The number of amides is 2. The van der Waals surface area contributed by atoms with E-state index in [0.29, 0.717) is 31.7 Å². The molecule has 0 bridgehead atoms. The molecule has 3 aromatic rings. The Hall–Kier alpha value is -3.80. The zero-order valence-corrected chi connectivity index (χ0v) is 20.3. The number of benzene rings is 3. The number of ether oxygens (including phenoxy) is 2. The highest BCUT2D eigenvalue weighted by Gasteiger charge is 2.30. The summed E-state index contributed by atoms with van der Waals surface area (Å²) in [6.45, 7) is 5.02. The van der Waals surface area contributed by atoms with Crippen LogP contribution in [0.1, 0.15) is 35.6 Å². The number of carbonyl (C=O) groups excluding carboxylic acids is 2. The molecule has 3 aromatic carbocycles. The summed E-state index contributed by atoms with van der Waals surface area (Å²) in [5.41, 5.74) is 4.13. The molecule has 0 aliphatic carbocycles. The number of hydrogen-bond donors (Lipinski definition) is 1. The standard InChI is InChI=1S/C29H32N2O4/c1-3-30-29(33)25(17-22-9-5-4-6-10-22)31(19-24-11-7-8-21(2)16-24)28(32)15-13-23-12-14-26-27(18-23)35-20-34-26/h4-12,14,16,18,25H,3,13,15,17,19-20H2,1-2H3,(H,30,33). The van der Waals surface area contributed by atoms with Crippen LogP contribution in [0, 0.1) is 6.92 Å². The molecule has 1 unspecified atom stereocenters. The molecule has 0 spiro atoms. The van der Waals surface area contributed by atoms with Crippen molar-refractivity contribution in [3.63, 3.8) is 0 Å². The third-order valence-corrected chi connectivity index (χ3v) is 6.12. The number of fused-ring (bicyclic) bond motifs is 1. The molecular weight excluding hydrogens is 440 g/mol. The Morgan fingerprint density at radius 1 is 0.914 bits per heavy atom. The van der Waals surface area contributed by atoms with Crippen molar-refractivity contribution in [2.75, 3.05) is 13.3 Å². The number of nitrogens with zero attached hydrogens (tertiary/aromatic N) is 1. The van der Waals surface area contributed by atoms with Crippen LogP contribution in [0.25, 0.3) is 0 Å². The molecule has 1 atom stereocenters. The van der Waals surface area contributed by atoms with E-state index in [9.17, 15) is 9.59 Å². The number of likely N-dealkylation sites (N-methyl/N-ethyl adjacent to an activating group) is 1. The number of rotatable bonds is 10. The van der Waals surface area contributed by atoms with Gasteiger partial charge in [-0.1, -0.05) is 66.2 Å². The predicted octanol–water partition coefficient (Wildman–Crippen LogP) is 4.43. The van der Waals surface area contributed by atoms with Crippen LogP contribution in [0.3, 0.4) is 0 Å². The summed E-state index contributed by atoms with van der Waals surface area (Å²) < 4.78 is 10.9. The number of carbonyl (C=O) groups is 2. The van der Waals surface area contributed by atoms with Gasteiger partial charge in [-0.05, 0) is 49.1 Å². The molecule has 0 aromatic heterocycles. The maximum atomic E-state index is 13.7. The van der Waals surface area contributed by atoms with Gasteiger partial charge < -0.3 is 19.7 Å². The first-order valence-electron chi connectivity index (χ1n) is 12.1. The van der Waals surface area contributed by atoms with E-state index in [0.717, 1.165) is 28.0 Å². The van der Waals surface area contributed by atoms with E-state index < -0.39 is 6.04 Å². The van der Waals surface area contributed by atoms with Crippen LogP contribution < -0.4 is 14.8 Å². The third-order valence-electron chi connectivity index (χ3n) is 6.12. The second-order valence-corrected chi connectivity index (χ2v) is 8.80. The van der Waals surface area contributed by atoms with Gasteiger partial charge in [-0.25, -0.2) is 0 Å². The van der Waals surface area contributed by atoms with E-state index in [1.807, 2.05) is 80.6 Å². The van der Waals surface area contributed by atoms with Gasteiger partial charge in [0.2, 0.25) is 18.6 Å². The van der Waals surface area contributed by atoms with Crippen LogP contribution in [0.2, 0.25) is 0 Å². The van der Waals surface area contributed by atoms with Crippen molar-refractivity contribution in [1.82, 2.24) is 10.2 Å². The zero-order chi connectivity index (χ0) is 24.6. The highest BCUT2D eigenvalue weighted by Crippen LogP contribution is 2.33. The minimum atomic E-state index is -0.609. The largest absolute Gasteiger partial charge is 0.454 e. The molecule has 35 heavy (non-hydrogen) atoms. The average molecular weight is 473 g/mol. The van der Waals surface area contributed by atoms with Crippen molar-refractivity contribution >= 4 is 11.8 Å². The Morgan fingerprint density at radius 2 is 1.69 bits per heavy atom. The van der Waals surface area contributed by atoms with Crippen molar-refractivity contribution < 1.29 is 19.1 Å². The first-order valence-corrected chi connectivity index (χ1v) is 12.1. The maximum absolute atomic E-state index is 13.7. The van der Waals surface area contributed by atoms with Gasteiger partial charge in [0.1, 0.15) is 6.04 Å². The van der Waals surface area contributed by atoms with E-state index in [-0.39, 0.29) is 25.0 Å². The molecule has 1 aliphatic rings. The molecule has 1 N–H and O–H groups in total. The van der Waals surface area contributed by atoms with Gasteiger partial charge in [0.05, 0.1) is 0 Å². The molecule has 4 rings (SSSR count). The fourth-order valence-electron chi connectivity index (χ4n) is 4.34. The van der Waals surface area contributed by atoms with E-state index in [1.165, 1.54) is 0 Å². The highest BCUT2D eigenvalue weighted by molar-refractivity contribution is 5.88. The Balaban J connectivity index is 1.58. The summed E-state index contributed by atoms with van der Waals surface area (Å²) >= 11 is 0. The fraction of sp³-hybridized carbons (Fsp3) is 0.310. The van der Waals surface area contributed by atoms with Crippen LogP contribution in [-0.2, 0) is 29.0 Å². The highest BCUT2D eigenvalue weighted by atomic mass is 16.7. The fourth-order valence-corrected chi connectivity index (χ4v) is 4.34. The number of aryl methyl sites for hydroxylation is 2. The first-order chi connectivity index (χ1) is 17.0. The van der Waals surface area contributed by atoms with Gasteiger partial charge in [0.15, 0.2) is 11.5 Å². The normalized spacial score (nSPS) is 12.7. The van der Waals surface area contributed by atoms with Gasteiger partial charge in [0, 0.05) is 25.9 Å². The smallest absolute Gasteiger partial charge is 0.243 e. The van der Waals surface area contributed by atoms with Crippen molar-refractivity contribution in [3.8, 4) is 11.5 Å². The first kappa shape index (κ1) is 24.3. The molecule has 1 heterocycles. The van der Waals surface area contributed by atoms with E-state index >= 15 is 0 Å². The summed E-state index contributed by atoms with van der Waals surface area (Å²) in [5, 5.41) is 2.94. The number of hydrogen-bond acceptors (Lipinski definition) is 4. The van der Waals surface area contributed by atoms with Crippen LogP contribution in [0.5, 0.6) is 11.5 Å². The monoisotopic (exact) mass is 472 g/mol. The SMILES string of the molecule is CCNC(=O)C(Cc1ccccc1)N(Cc1cccc(C)c1)C(=O)CCc1ccc2c(c1)OCO2. The van der Waals surface area contributed by atoms with Crippen LogP contribution >= 0.6 is 0 Å². The molecule has 0 saturated heterocycles. The lowest BCUT2D eigenvalue weighted by molar-refractivity contribution is -0.141. The quantitative estimate of drug-likeness (QED) is 0.474. The molecule has 6 nitrogen and oxygen atoms in total. The molecular formula is C29H32N2O4. The third kappa shape index (κ3) is 6.41. The topological polar surface area (TPSA) is 67.9 Å². The molecule has 1 aliphatic heterocycles. The van der Waals surface area contributed by atoms with Crippen molar-refractivity contribution in [3.05, 3.63) is 95.1 Å². The van der Waals surface area contributed by atoms with Gasteiger partial charge in [-0.15, -0.1) is 0 Å². The molecule has 2 amide bonds. The summed E-state index contributed by atoms with van der Waals surface area (Å²) in [6.07, 6.45) is 1.29. The summed E-state index contributed by atoms with van der Waals surface area (Å²) in [4.78, 5) is 28.6. The zero-order valence-electron chi connectivity index (χ0n) is 20.3. The molecule has 0 radical (unpaired) electrons. The van der Waals surface area contributed by atoms with Gasteiger partial charge in [-0.3, -0.25) is 9.59 Å². The maximum Gasteiger partial charge on any atom is 0.243 e. The van der Waals surface area contributed by atoms with Gasteiger partial charge in [-0.2, -0.15) is 0 Å². The van der Waals surface area contributed by atoms with E-state index in [4.69, 9.17) is 9.47 Å². The average Bonchev–Trinajstić information content (AvgIpc) is 3.33. The van der Waals surface area contributed by atoms with Crippen molar-refractivity contribution in [2.45, 2.75) is 45.7 Å². The lowest BCUT2D eigenvalue weighted by atomic mass is 10.0. The summed E-state index contributed by atoms with van der Waals surface area (Å²) in [7, 11) is 0. The minimum absolute atomic E-state index is 0.0589. The molecule has 0 fully saturated rings.